The Hall–Kier alpha value is -2.75. The Bertz CT molecular complexity index is 1250. The molecular formula is C23H27N5O3S. The molecule has 3 heterocycles. The molecule has 3 aromatic rings. The molecule has 0 unspecified atom stereocenters. The van der Waals surface area contributed by atoms with Crippen LogP contribution in [-0.2, 0) is 27.7 Å². The SMILES string of the molecule is O=C(CCN1CCN(S(=O)(=O)c2c[nH]c3ncccc23)CC1)Nc1ccc2c(c1)CCC2. The van der Waals surface area contributed by atoms with Gasteiger partial charge in [0.15, 0.2) is 0 Å². The first-order chi connectivity index (χ1) is 15.5. The third-order valence-corrected chi connectivity index (χ3v) is 8.34. The average molecular weight is 454 g/mol. The highest BCUT2D eigenvalue weighted by atomic mass is 32.2. The van der Waals surface area contributed by atoms with Crippen LogP contribution in [0.2, 0.25) is 0 Å². The van der Waals surface area contributed by atoms with Crippen LogP contribution in [0.3, 0.4) is 0 Å². The Balaban J connectivity index is 1.13. The summed E-state index contributed by atoms with van der Waals surface area (Å²) in [6.45, 7) is 2.63. The smallest absolute Gasteiger partial charge is 0.245 e. The highest BCUT2D eigenvalue weighted by molar-refractivity contribution is 7.89. The molecule has 0 bridgehead atoms. The molecular weight excluding hydrogens is 426 g/mol. The van der Waals surface area contributed by atoms with Crippen LogP contribution >= 0.6 is 0 Å². The van der Waals surface area contributed by atoms with Crippen molar-refractivity contribution in [3.63, 3.8) is 0 Å². The standard InChI is InChI=1S/C23H27N5O3S/c29-22(26-19-7-6-17-3-1-4-18(17)15-19)8-10-27-11-13-28(14-12-27)32(30,31)21-16-25-23-20(21)5-2-9-24-23/h2,5-7,9,15-16H,1,3-4,8,10-14H2,(H,24,25)(H,26,29). The van der Waals surface area contributed by atoms with Crippen LogP contribution in [0.25, 0.3) is 11.0 Å². The normalized spacial score (nSPS) is 17.5. The lowest BCUT2D eigenvalue weighted by Gasteiger charge is -2.33. The summed E-state index contributed by atoms with van der Waals surface area (Å²) >= 11 is 0. The molecule has 1 aromatic carbocycles. The molecule has 0 radical (unpaired) electrons. The fourth-order valence-electron chi connectivity index (χ4n) is 4.61. The molecule has 2 N–H and O–H groups in total. The fourth-order valence-corrected chi connectivity index (χ4v) is 6.18. The average Bonchev–Trinajstić information content (AvgIpc) is 3.45. The number of carbonyl (C=O) groups excluding carboxylic acids is 1. The number of benzene rings is 1. The Morgan fingerprint density at radius 3 is 2.75 bits per heavy atom. The molecule has 8 nitrogen and oxygen atoms in total. The van der Waals surface area contributed by atoms with Gasteiger partial charge in [0, 0.05) is 62.6 Å². The van der Waals surface area contributed by atoms with Crippen molar-refractivity contribution in [2.75, 3.05) is 38.0 Å². The number of aromatic amines is 1. The molecule has 2 aromatic heterocycles. The highest BCUT2D eigenvalue weighted by Gasteiger charge is 2.30. The topological polar surface area (TPSA) is 98.4 Å². The van der Waals surface area contributed by atoms with E-state index in [2.05, 4.69) is 32.3 Å². The Kier molecular flexibility index (Phi) is 5.71. The van der Waals surface area contributed by atoms with Gasteiger partial charge in [-0.2, -0.15) is 4.31 Å². The summed E-state index contributed by atoms with van der Waals surface area (Å²) in [5, 5.41) is 3.61. The first kappa shape index (κ1) is 21.1. The second kappa shape index (κ2) is 8.65. The zero-order chi connectivity index (χ0) is 22.1. The van der Waals surface area contributed by atoms with Gasteiger partial charge in [-0.3, -0.25) is 4.79 Å². The number of fused-ring (bicyclic) bond motifs is 2. The van der Waals surface area contributed by atoms with Crippen molar-refractivity contribution in [1.29, 1.82) is 0 Å². The lowest BCUT2D eigenvalue weighted by Crippen LogP contribution is -2.49. The Morgan fingerprint density at radius 2 is 1.91 bits per heavy atom. The van der Waals surface area contributed by atoms with E-state index in [1.165, 1.54) is 28.0 Å². The van der Waals surface area contributed by atoms with Gasteiger partial charge in [0.05, 0.1) is 0 Å². The van der Waals surface area contributed by atoms with E-state index < -0.39 is 10.0 Å². The van der Waals surface area contributed by atoms with E-state index in [1.54, 1.807) is 18.3 Å². The van der Waals surface area contributed by atoms with Gasteiger partial charge in [-0.1, -0.05) is 6.07 Å². The Morgan fingerprint density at radius 1 is 1.09 bits per heavy atom. The van der Waals surface area contributed by atoms with Crippen molar-refractivity contribution in [3.8, 4) is 0 Å². The summed E-state index contributed by atoms with van der Waals surface area (Å²) in [6, 6.07) is 9.68. The van der Waals surface area contributed by atoms with Gasteiger partial charge in [-0.05, 0) is 54.7 Å². The lowest BCUT2D eigenvalue weighted by molar-refractivity contribution is -0.116. The minimum absolute atomic E-state index is 0.00992. The van der Waals surface area contributed by atoms with Crippen molar-refractivity contribution in [2.45, 2.75) is 30.6 Å². The van der Waals surface area contributed by atoms with Crippen molar-refractivity contribution in [1.82, 2.24) is 19.2 Å². The second-order valence-electron chi connectivity index (χ2n) is 8.43. The zero-order valence-electron chi connectivity index (χ0n) is 17.9. The molecule has 32 heavy (non-hydrogen) atoms. The maximum absolute atomic E-state index is 13.1. The monoisotopic (exact) mass is 453 g/mol. The summed E-state index contributed by atoms with van der Waals surface area (Å²) in [5.41, 5.74) is 4.16. The number of pyridine rings is 1. The van der Waals surface area contributed by atoms with E-state index in [0.717, 1.165) is 18.5 Å². The number of hydrogen-bond acceptors (Lipinski definition) is 5. The maximum atomic E-state index is 13.1. The number of nitrogens with zero attached hydrogens (tertiary/aromatic N) is 3. The molecule has 1 amide bonds. The quantitative estimate of drug-likeness (QED) is 0.597. The molecule has 168 valence electrons. The van der Waals surface area contributed by atoms with Crippen LogP contribution in [0.1, 0.15) is 24.0 Å². The predicted octanol–water partition coefficient (Wildman–Crippen LogP) is 2.39. The summed E-state index contributed by atoms with van der Waals surface area (Å²) < 4.78 is 27.7. The molecule has 1 aliphatic heterocycles. The molecule has 1 fully saturated rings. The molecule has 0 saturated carbocycles. The molecule has 5 rings (SSSR count). The molecule has 9 heteroatoms. The second-order valence-corrected chi connectivity index (χ2v) is 10.3. The lowest BCUT2D eigenvalue weighted by atomic mass is 10.1. The third-order valence-electron chi connectivity index (χ3n) is 6.40. The summed E-state index contributed by atoms with van der Waals surface area (Å²) in [6.07, 6.45) is 6.94. The number of hydrogen-bond donors (Lipinski definition) is 2. The zero-order valence-corrected chi connectivity index (χ0v) is 18.7. The summed E-state index contributed by atoms with van der Waals surface area (Å²) in [7, 11) is -3.59. The van der Waals surface area contributed by atoms with Crippen LogP contribution in [-0.4, -0.2) is 66.2 Å². The predicted molar refractivity (Wildman–Crippen MR) is 123 cm³/mol. The van der Waals surface area contributed by atoms with E-state index in [-0.39, 0.29) is 10.8 Å². The van der Waals surface area contributed by atoms with E-state index in [0.29, 0.717) is 50.2 Å². The van der Waals surface area contributed by atoms with Gasteiger partial charge in [-0.25, -0.2) is 13.4 Å². The van der Waals surface area contributed by atoms with Crippen molar-refractivity contribution in [3.05, 3.63) is 53.9 Å². The van der Waals surface area contributed by atoms with Crippen LogP contribution in [0.15, 0.2) is 47.6 Å². The molecule has 1 aliphatic carbocycles. The number of rotatable bonds is 6. The fraction of sp³-hybridized carbons (Fsp3) is 0.391. The number of carbonyl (C=O) groups is 1. The maximum Gasteiger partial charge on any atom is 0.245 e. The molecule has 2 aliphatic rings. The largest absolute Gasteiger partial charge is 0.345 e. The minimum Gasteiger partial charge on any atom is -0.345 e. The number of piperazine rings is 1. The third kappa shape index (κ3) is 4.15. The van der Waals surface area contributed by atoms with Crippen LogP contribution in [0.5, 0.6) is 0 Å². The number of amides is 1. The van der Waals surface area contributed by atoms with Crippen molar-refractivity contribution < 1.29 is 13.2 Å². The van der Waals surface area contributed by atoms with Crippen molar-refractivity contribution in [2.24, 2.45) is 0 Å². The molecule has 0 spiro atoms. The van der Waals surface area contributed by atoms with E-state index in [4.69, 9.17) is 0 Å². The number of aryl methyl sites for hydroxylation is 2. The van der Waals surface area contributed by atoms with E-state index in [1.807, 2.05) is 6.07 Å². The molecule has 1 saturated heterocycles. The first-order valence-corrected chi connectivity index (χ1v) is 12.5. The van der Waals surface area contributed by atoms with Crippen LogP contribution < -0.4 is 5.32 Å². The van der Waals surface area contributed by atoms with E-state index >= 15 is 0 Å². The minimum atomic E-state index is -3.59. The summed E-state index contributed by atoms with van der Waals surface area (Å²) in [4.78, 5) is 21.9. The van der Waals surface area contributed by atoms with Gasteiger partial charge in [0.1, 0.15) is 10.5 Å². The van der Waals surface area contributed by atoms with E-state index in [9.17, 15) is 13.2 Å². The van der Waals surface area contributed by atoms with Crippen LogP contribution in [0, 0.1) is 0 Å². The molecule has 0 atom stereocenters. The first-order valence-electron chi connectivity index (χ1n) is 11.1. The number of H-pyrrole nitrogens is 1. The van der Waals surface area contributed by atoms with Gasteiger partial charge in [0.2, 0.25) is 15.9 Å². The summed E-state index contributed by atoms with van der Waals surface area (Å²) in [5.74, 6) is -0.00992. The number of nitrogens with one attached hydrogen (secondary N) is 2. The number of anilines is 1. The van der Waals surface area contributed by atoms with Gasteiger partial charge in [-0.15, -0.1) is 0 Å². The highest BCUT2D eigenvalue weighted by Crippen LogP contribution is 2.26. The van der Waals surface area contributed by atoms with Gasteiger partial charge in [0.25, 0.3) is 0 Å². The number of sulfonamides is 1. The van der Waals surface area contributed by atoms with Crippen LogP contribution in [0.4, 0.5) is 5.69 Å². The van der Waals surface area contributed by atoms with Crippen molar-refractivity contribution >= 4 is 32.7 Å². The Labute approximate surface area is 187 Å². The van der Waals surface area contributed by atoms with Gasteiger partial charge < -0.3 is 15.2 Å². The number of aromatic nitrogens is 2. The van der Waals surface area contributed by atoms with Gasteiger partial charge >= 0.3 is 0 Å².